The summed E-state index contributed by atoms with van der Waals surface area (Å²) in [4.78, 5) is 17.0. The molecule has 1 aromatic heterocycles. The SMILES string of the molecule is [N-]=[N+]=NCC(O)C(O)c1cnccc1C(=O)O. The lowest BCUT2D eigenvalue weighted by Crippen LogP contribution is -2.23. The number of carboxylic acid groups (broad SMARTS) is 1. The third kappa shape index (κ3) is 3.15. The fourth-order valence-electron chi connectivity index (χ4n) is 1.26. The lowest BCUT2D eigenvalue weighted by atomic mass is 10.0. The lowest BCUT2D eigenvalue weighted by molar-refractivity contribution is 0.0230. The van der Waals surface area contributed by atoms with Crippen LogP contribution < -0.4 is 0 Å². The molecule has 1 aromatic rings. The smallest absolute Gasteiger partial charge is 0.336 e. The number of nitrogens with zero attached hydrogens (tertiary/aromatic N) is 4. The molecule has 0 radical (unpaired) electrons. The summed E-state index contributed by atoms with van der Waals surface area (Å²) < 4.78 is 0. The molecule has 0 fully saturated rings. The number of pyridine rings is 1. The summed E-state index contributed by atoms with van der Waals surface area (Å²) in [7, 11) is 0. The van der Waals surface area contributed by atoms with Gasteiger partial charge < -0.3 is 15.3 Å². The maximum absolute atomic E-state index is 10.9. The monoisotopic (exact) mass is 238 g/mol. The lowest BCUT2D eigenvalue weighted by Gasteiger charge is -2.17. The maximum Gasteiger partial charge on any atom is 0.336 e. The highest BCUT2D eigenvalue weighted by Crippen LogP contribution is 2.20. The van der Waals surface area contributed by atoms with E-state index >= 15 is 0 Å². The van der Waals surface area contributed by atoms with E-state index in [0.29, 0.717) is 0 Å². The van der Waals surface area contributed by atoms with Crippen LogP contribution in [0, 0.1) is 0 Å². The first-order chi connectivity index (χ1) is 8.07. The van der Waals surface area contributed by atoms with Crippen LogP contribution in [-0.2, 0) is 0 Å². The molecule has 0 aliphatic rings. The van der Waals surface area contributed by atoms with Crippen LogP contribution in [0.5, 0.6) is 0 Å². The summed E-state index contributed by atoms with van der Waals surface area (Å²) in [5.41, 5.74) is 7.88. The van der Waals surface area contributed by atoms with Gasteiger partial charge in [0.25, 0.3) is 0 Å². The Hall–Kier alpha value is -2.15. The standard InChI is InChI=1S/C9H10N4O4/c10-13-12-4-7(14)8(15)6-3-11-2-1-5(6)9(16)17/h1-3,7-8,14-15H,4H2,(H,16,17). The summed E-state index contributed by atoms with van der Waals surface area (Å²) in [6, 6.07) is 1.21. The maximum atomic E-state index is 10.9. The highest BCUT2D eigenvalue weighted by molar-refractivity contribution is 5.89. The van der Waals surface area contributed by atoms with E-state index in [4.69, 9.17) is 10.6 Å². The van der Waals surface area contributed by atoms with E-state index < -0.39 is 18.2 Å². The van der Waals surface area contributed by atoms with Crippen molar-refractivity contribution in [1.29, 1.82) is 0 Å². The topological polar surface area (TPSA) is 139 Å². The van der Waals surface area contributed by atoms with Crippen LogP contribution in [-0.4, -0.2) is 38.9 Å². The van der Waals surface area contributed by atoms with Gasteiger partial charge in [0.15, 0.2) is 0 Å². The molecule has 2 atom stereocenters. The predicted octanol–water partition coefficient (Wildman–Crippen LogP) is 0.484. The number of carboxylic acids is 1. The van der Waals surface area contributed by atoms with Gasteiger partial charge in [-0.25, -0.2) is 4.79 Å². The number of hydrogen-bond donors (Lipinski definition) is 3. The number of rotatable bonds is 5. The van der Waals surface area contributed by atoms with E-state index in [1.165, 1.54) is 12.3 Å². The average Bonchev–Trinajstić information content (AvgIpc) is 2.34. The highest BCUT2D eigenvalue weighted by Gasteiger charge is 2.23. The van der Waals surface area contributed by atoms with Crippen LogP contribution >= 0.6 is 0 Å². The second kappa shape index (κ2) is 5.80. The van der Waals surface area contributed by atoms with Crippen LogP contribution in [0.3, 0.4) is 0 Å². The molecule has 0 bridgehead atoms. The van der Waals surface area contributed by atoms with Crippen molar-refractivity contribution in [3.63, 3.8) is 0 Å². The number of aliphatic hydroxyl groups is 2. The molecule has 0 saturated carbocycles. The van der Waals surface area contributed by atoms with Crippen molar-refractivity contribution < 1.29 is 20.1 Å². The van der Waals surface area contributed by atoms with E-state index in [0.717, 1.165) is 6.20 Å². The van der Waals surface area contributed by atoms with Crippen LogP contribution in [0.4, 0.5) is 0 Å². The molecular formula is C9H10N4O4. The number of aromatic nitrogens is 1. The summed E-state index contributed by atoms with van der Waals surface area (Å²) >= 11 is 0. The molecule has 1 rings (SSSR count). The van der Waals surface area contributed by atoms with Crippen molar-refractivity contribution >= 4 is 5.97 Å². The summed E-state index contributed by atoms with van der Waals surface area (Å²) in [6.07, 6.45) is -0.444. The van der Waals surface area contributed by atoms with Gasteiger partial charge in [0, 0.05) is 22.9 Å². The van der Waals surface area contributed by atoms with Gasteiger partial charge in [-0.1, -0.05) is 5.11 Å². The third-order valence-electron chi connectivity index (χ3n) is 2.10. The van der Waals surface area contributed by atoms with Gasteiger partial charge in [-0.3, -0.25) is 4.98 Å². The Morgan fingerprint density at radius 3 is 2.88 bits per heavy atom. The molecule has 0 aliphatic carbocycles. The third-order valence-corrected chi connectivity index (χ3v) is 2.10. The molecular weight excluding hydrogens is 228 g/mol. The largest absolute Gasteiger partial charge is 0.478 e. The Morgan fingerprint density at radius 2 is 2.29 bits per heavy atom. The van der Waals surface area contributed by atoms with E-state index in [-0.39, 0.29) is 17.7 Å². The minimum absolute atomic E-state index is 0.0272. The normalized spacial score (nSPS) is 13.5. The molecule has 0 saturated heterocycles. The molecule has 90 valence electrons. The van der Waals surface area contributed by atoms with Crippen molar-refractivity contribution in [2.45, 2.75) is 12.2 Å². The second-order valence-corrected chi connectivity index (χ2v) is 3.19. The first-order valence-electron chi connectivity index (χ1n) is 4.62. The van der Waals surface area contributed by atoms with Crippen molar-refractivity contribution in [3.05, 3.63) is 40.0 Å². The molecule has 8 heteroatoms. The molecule has 17 heavy (non-hydrogen) atoms. The minimum atomic E-state index is -1.47. The number of aliphatic hydroxyl groups excluding tert-OH is 2. The summed E-state index contributed by atoms with van der Waals surface area (Å²) in [6.45, 7) is -0.356. The van der Waals surface area contributed by atoms with E-state index in [1.54, 1.807) is 0 Å². The fourth-order valence-corrected chi connectivity index (χ4v) is 1.26. The molecule has 8 nitrogen and oxygen atoms in total. The Morgan fingerprint density at radius 1 is 1.59 bits per heavy atom. The van der Waals surface area contributed by atoms with Crippen LogP contribution in [0.1, 0.15) is 22.0 Å². The van der Waals surface area contributed by atoms with Gasteiger partial charge in [-0.15, -0.1) is 0 Å². The van der Waals surface area contributed by atoms with Crippen molar-refractivity contribution in [2.24, 2.45) is 5.11 Å². The number of azide groups is 1. The van der Waals surface area contributed by atoms with Crippen molar-refractivity contribution in [1.82, 2.24) is 4.98 Å². The van der Waals surface area contributed by atoms with Gasteiger partial charge in [-0.05, 0) is 11.6 Å². The predicted molar refractivity (Wildman–Crippen MR) is 56.2 cm³/mol. The summed E-state index contributed by atoms with van der Waals surface area (Å²) in [5, 5.41) is 31.1. The van der Waals surface area contributed by atoms with Crippen LogP contribution in [0.2, 0.25) is 0 Å². The van der Waals surface area contributed by atoms with E-state index in [2.05, 4.69) is 15.0 Å². The fraction of sp³-hybridized carbons (Fsp3) is 0.333. The zero-order valence-corrected chi connectivity index (χ0v) is 8.63. The molecule has 0 amide bonds. The minimum Gasteiger partial charge on any atom is -0.478 e. The quantitative estimate of drug-likeness (QED) is 0.389. The zero-order chi connectivity index (χ0) is 12.8. The van der Waals surface area contributed by atoms with E-state index in [1.807, 2.05) is 0 Å². The second-order valence-electron chi connectivity index (χ2n) is 3.19. The van der Waals surface area contributed by atoms with Crippen molar-refractivity contribution in [3.8, 4) is 0 Å². The molecule has 1 heterocycles. The highest BCUT2D eigenvalue weighted by atomic mass is 16.4. The number of carbonyl (C=O) groups is 1. The van der Waals surface area contributed by atoms with Crippen LogP contribution in [0.25, 0.3) is 10.4 Å². The average molecular weight is 238 g/mol. The van der Waals surface area contributed by atoms with Crippen molar-refractivity contribution in [2.75, 3.05) is 6.54 Å². The van der Waals surface area contributed by atoms with Gasteiger partial charge in [0.2, 0.25) is 0 Å². The van der Waals surface area contributed by atoms with Gasteiger partial charge in [0.05, 0.1) is 18.2 Å². The molecule has 3 N–H and O–H groups in total. The molecule has 0 spiro atoms. The van der Waals surface area contributed by atoms with Crippen LogP contribution in [0.15, 0.2) is 23.6 Å². The Labute approximate surface area is 95.8 Å². The van der Waals surface area contributed by atoms with Gasteiger partial charge in [0.1, 0.15) is 6.10 Å². The molecule has 0 aliphatic heterocycles. The summed E-state index contributed by atoms with van der Waals surface area (Å²) in [5.74, 6) is -1.24. The van der Waals surface area contributed by atoms with Gasteiger partial charge >= 0.3 is 5.97 Å². The Kier molecular flexibility index (Phi) is 4.41. The Bertz CT molecular complexity index is 458. The number of hydrogen-bond acceptors (Lipinski definition) is 5. The molecule has 2 unspecified atom stereocenters. The molecule has 0 aromatic carbocycles. The van der Waals surface area contributed by atoms with E-state index in [9.17, 15) is 15.0 Å². The first kappa shape index (κ1) is 12.9. The Balaban J connectivity index is 2.98. The van der Waals surface area contributed by atoms with Gasteiger partial charge in [-0.2, -0.15) is 0 Å². The number of aromatic carboxylic acids is 1. The zero-order valence-electron chi connectivity index (χ0n) is 8.63. The first-order valence-corrected chi connectivity index (χ1v) is 4.62.